The van der Waals surface area contributed by atoms with Crippen LogP contribution in [0.5, 0.6) is 0 Å². The number of aliphatic hydroxyl groups is 3. The maximum atomic E-state index is 10.9. The van der Waals surface area contributed by atoms with E-state index in [-0.39, 0.29) is 0 Å². The maximum Gasteiger partial charge on any atom is 0.303 e. The summed E-state index contributed by atoms with van der Waals surface area (Å²) in [5, 5.41) is 28.5. The molecule has 0 radical (unpaired) electrons. The molecule has 8 nitrogen and oxygen atoms in total. The quantitative estimate of drug-likeness (QED) is 0.496. The molecule has 0 aromatic rings. The van der Waals surface area contributed by atoms with Crippen molar-refractivity contribution in [3.63, 3.8) is 0 Å². The third-order valence-electron chi connectivity index (χ3n) is 2.42. The predicted octanol–water partition coefficient (Wildman–Crippen LogP) is -2.08. The average Bonchev–Trinajstić information content (AvgIpc) is 2.27. The van der Waals surface area contributed by atoms with Gasteiger partial charge in [0, 0.05) is 13.8 Å². The van der Waals surface area contributed by atoms with Crippen LogP contribution in [-0.2, 0) is 23.8 Å². The Morgan fingerprint density at radius 1 is 1.11 bits per heavy atom. The van der Waals surface area contributed by atoms with Crippen LogP contribution < -0.4 is 0 Å². The van der Waals surface area contributed by atoms with E-state index in [0.717, 1.165) is 13.8 Å². The molecule has 0 aliphatic carbocycles. The van der Waals surface area contributed by atoms with Crippen molar-refractivity contribution < 1.29 is 39.1 Å². The molecule has 18 heavy (non-hydrogen) atoms. The van der Waals surface area contributed by atoms with Crippen molar-refractivity contribution >= 4 is 11.9 Å². The van der Waals surface area contributed by atoms with E-state index >= 15 is 0 Å². The molecule has 0 saturated carbocycles. The summed E-state index contributed by atoms with van der Waals surface area (Å²) >= 11 is 0. The Kier molecular flexibility index (Phi) is 5.03. The molecule has 1 aliphatic rings. The molecule has 1 fully saturated rings. The van der Waals surface area contributed by atoms with Gasteiger partial charge in [-0.1, -0.05) is 0 Å². The summed E-state index contributed by atoms with van der Waals surface area (Å²) in [4.78, 5) is 21.7. The molecular weight excluding hydrogens is 248 g/mol. The number of ether oxygens (including phenoxy) is 3. The molecule has 3 N–H and O–H groups in total. The number of esters is 2. The van der Waals surface area contributed by atoms with Crippen molar-refractivity contribution in [1.82, 2.24) is 0 Å². The lowest BCUT2D eigenvalue weighted by Crippen LogP contribution is -2.60. The predicted molar refractivity (Wildman–Crippen MR) is 55.1 cm³/mol. The SMILES string of the molecule is CC(=O)O[C@@H]1[C@@H](O)[C@H](OC(C)=O)[C@@H](CO)O[C@H]1O. The third-order valence-corrected chi connectivity index (χ3v) is 2.42. The second-order valence-electron chi connectivity index (χ2n) is 3.89. The first-order chi connectivity index (χ1) is 8.36. The summed E-state index contributed by atoms with van der Waals surface area (Å²) in [6, 6.07) is 0. The van der Waals surface area contributed by atoms with Crippen molar-refractivity contribution in [2.75, 3.05) is 6.61 Å². The van der Waals surface area contributed by atoms with Crippen molar-refractivity contribution in [2.45, 2.75) is 44.6 Å². The zero-order valence-electron chi connectivity index (χ0n) is 9.98. The van der Waals surface area contributed by atoms with E-state index in [4.69, 9.17) is 14.6 Å². The monoisotopic (exact) mass is 264 g/mol. The van der Waals surface area contributed by atoms with Crippen LogP contribution >= 0.6 is 0 Å². The molecule has 0 aromatic heterocycles. The zero-order chi connectivity index (χ0) is 13.9. The van der Waals surface area contributed by atoms with Crippen molar-refractivity contribution in [3.8, 4) is 0 Å². The molecule has 0 aromatic carbocycles. The number of hydrogen-bond acceptors (Lipinski definition) is 8. The number of aliphatic hydroxyl groups excluding tert-OH is 3. The Morgan fingerprint density at radius 3 is 2.06 bits per heavy atom. The van der Waals surface area contributed by atoms with Gasteiger partial charge in [-0.15, -0.1) is 0 Å². The van der Waals surface area contributed by atoms with Gasteiger partial charge in [0.05, 0.1) is 6.61 Å². The Balaban J connectivity index is 2.84. The van der Waals surface area contributed by atoms with E-state index in [0.29, 0.717) is 0 Å². The highest BCUT2D eigenvalue weighted by molar-refractivity contribution is 5.67. The molecule has 1 saturated heterocycles. The molecular formula is C10H16O8. The van der Waals surface area contributed by atoms with E-state index in [1.165, 1.54) is 0 Å². The molecule has 8 heteroatoms. The van der Waals surface area contributed by atoms with Crippen molar-refractivity contribution in [1.29, 1.82) is 0 Å². The van der Waals surface area contributed by atoms with Gasteiger partial charge in [-0.3, -0.25) is 9.59 Å². The highest BCUT2D eigenvalue weighted by Crippen LogP contribution is 2.24. The molecule has 0 unspecified atom stereocenters. The molecule has 1 rings (SSSR count). The van der Waals surface area contributed by atoms with Gasteiger partial charge in [-0.2, -0.15) is 0 Å². The molecule has 5 atom stereocenters. The number of hydrogen-bond donors (Lipinski definition) is 3. The fraction of sp³-hybridized carbons (Fsp3) is 0.800. The lowest BCUT2D eigenvalue weighted by Gasteiger charge is -2.40. The first-order valence-electron chi connectivity index (χ1n) is 5.33. The summed E-state index contributed by atoms with van der Waals surface area (Å²) in [6.45, 7) is 1.64. The van der Waals surface area contributed by atoms with E-state index < -0.39 is 49.3 Å². The number of carbonyl (C=O) groups is 2. The standard InChI is InChI=1S/C10H16O8/c1-4(12)16-8-6(3-11)18-10(15)9(7(8)14)17-5(2)13/h6-11,14-15H,3H2,1-2H3/t6-,7+,8-,9-,10-/m1/s1. The second-order valence-corrected chi connectivity index (χ2v) is 3.89. The largest absolute Gasteiger partial charge is 0.457 e. The van der Waals surface area contributed by atoms with Crippen LogP contribution in [0.2, 0.25) is 0 Å². The minimum Gasteiger partial charge on any atom is -0.457 e. The molecule has 104 valence electrons. The summed E-state index contributed by atoms with van der Waals surface area (Å²) in [7, 11) is 0. The van der Waals surface area contributed by atoms with E-state index in [1.807, 2.05) is 0 Å². The Labute approximate surface area is 103 Å². The summed E-state index contributed by atoms with van der Waals surface area (Å²) in [6.07, 6.45) is -6.79. The smallest absolute Gasteiger partial charge is 0.303 e. The van der Waals surface area contributed by atoms with Crippen LogP contribution in [0, 0.1) is 0 Å². The zero-order valence-corrected chi connectivity index (χ0v) is 9.98. The minimum absolute atomic E-state index is 0.571. The Morgan fingerprint density at radius 2 is 1.61 bits per heavy atom. The summed E-state index contributed by atoms with van der Waals surface area (Å²) in [5.41, 5.74) is 0. The third kappa shape index (κ3) is 3.39. The molecule has 0 amide bonds. The van der Waals surface area contributed by atoms with Gasteiger partial charge in [-0.05, 0) is 0 Å². The topological polar surface area (TPSA) is 123 Å². The van der Waals surface area contributed by atoms with E-state index in [2.05, 4.69) is 4.74 Å². The van der Waals surface area contributed by atoms with Gasteiger partial charge in [0.25, 0.3) is 0 Å². The van der Waals surface area contributed by atoms with Crippen LogP contribution in [0.25, 0.3) is 0 Å². The highest BCUT2D eigenvalue weighted by atomic mass is 16.7. The van der Waals surface area contributed by atoms with E-state index in [1.54, 1.807) is 0 Å². The van der Waals surface area contributed by atoms with Gasteiger partial charge in [0.1, 0.15) is 12.2 Å². The van der Waals surface area contributed by atoms with Crippen LogP contribution in [0.1, 0.15) is 13.8 Å². The van der Waals surface area contributed by atoms with Crippen LogP contribution in [0.15, 0.2) is 0 Å². The van der Waals surface area contributed by atoms with E-state index in [9.17, 15) is 19.8 Å². The first kappa shape index (κ1) is 14.8. The Bertz CT molecular complexity index is 317. The minimum atomic E-state index is -1.60. The van der Waals surface area contributed by atoms with Crippen LogP contribution in [0.4, 0.5) is 0 Å². The molecule has 1 heterocycles. The van der Waals surface area contributed by atoms with Gasteiger partial charge < -0.3 is 29.5 Å². The summed E-state index contributed by atoms with van der Waals surface area (Å²) < 4.78 is 14.4. The number of carbonyl (C=O) groups excluding carboxylic acids is 2. The van der Waals surface area contributed by atoms with Crippen molar-refractivity contribution in [3.05, 3.63) is 0 Å². The first-order valence-corrected chi connectivity index (χ1v) is 5.33. The van der Waals surface area contributed by atoms with Crippen LogP contribution in [-0.4, -0.2) is 64.6 Å². The normalized spacial score (nSPS) is 35.9. The summed E-state index contributed by atoms with van der Waals surface area (Å²) in [5.74, 6) is -1.43. The lowest BCUT2D eigenvalue weighted by atomic mass is 9.99. The van der Waals surface area contributed by atoms with Gasteiger partial charge >= 0.3 is 11.9 Å². The van der Waals surface area contributed by atoms with Gasteiger partial charge in [0.15, 0.2) is 18.5 Å². The fourth-order valence-corrected chi connectivity index (χ4v) is 1.71. The highest BCUT2D eigenvalue weighted by Gasteiger charge is 2.48. The molecule has 0 spiro atoms. The molecule has 0 bridgehead atoms. The van der Waals surface area contributed by atoms with Crippen molar-refractivity contribution in [2.24, 2.45) is 0 Å². The van der Waals surface area contributed by atoms with Gasteiger partial charge in [0.2, 0.25) is 0 Å². The number of rotatable bonds is 3. The maximum absolute atomic E-state index is 10.9. The average molecular weight is 264 g/mol. The lowest BCUT2D eigenvalue weighted by molar-refractivity contribution is -0.293. The van der Waals surface area contributed by atoms with Gasteiger partial charge in [-0.25, -0.2) is 0 Å². The second kappa shape index (κ2) is 6.10. The van der Waals surface area contributed by atoms with Crippen LogP contribution in [0.3, 0.4) is 0 Å². The Hall–Kier alpha value is -1.22. The fourth-order valence-electron chi connectivity index (χ4n) is 1.71. The molecule has 1 aliphatic heterocycles.